The molecule has 0 aliphatic carbocycles. The maximum absolute atomic E-state index is 12.2. The lowest BCUT2D eigenvalue weighted by Crippen LogP contribution is -2.44. The number of ether oxygens (including phenoxy) is 1. The number of hydrogen-bond donors (Lipinski definition) is 1. The molecule has 0 amide bonds. The molecule has 0 saturated carbocycles. The Bertz CT molecular complexity index is 156. The van der Waals surface area contributed by atoms with Crippen molar-refractivity contribution in [3.63, 3.8) is 0 Å². The topological polar surface area (TPSA) is 35.2 Å². The summed E-state index contributed by atoms with van der Waals surface area (Å²) in [6, 6.07) is 0. The van der Waals surface area contributed by atoms with E-state index in [4.69, 9.17) is 10.5 Å². The number of alkyl halides is 3. The molecule has 0 aromatic rings. The van der Waals surface area contributed by atoms with E-state index in [1.54, 1.807) is 20.8 Å². The molecule has 0 bridgehead atoms. The van der Waals surface area contributed by atoms with Crippen LogP contribution in [0.15, 0.2) is 0 Å². The third kappa shape index (κ3) is 4.47. The minimum absolute atomic E-state index is 0.513. The fraction of sp³-hybridized carbons (Fsp3) is 1.00. The molecule has 0 aromatic heterocycles. The average Bonchev–Trinajstić information content (AvgIpc) is 1.98. The maximum atomic E-state index is 12.2. The SMILES string of the molecule is CCC(C)(C)OC(CN)C(F)(F)F. The summed E-state index contributed by atoms with van der Waals surface area (Å²) >= 11 is 0. The van der Waals surface area contributed by atoms with Crippen molar-refractivity contribution in [3.05, 3.63) is 0 Å². The summed E-state index contributed by atoms with van der Waals surface area (Å²) in [6.45, 7) is 4.46. The van der Waals surface area contributed by atoms with E-state index < -0.39 is 24.4 Å². The van der Waals surface area contributed by atoms with Crippen LogP contribution in [0.3, 0.4) is 0 Å². The van der Waals surface area contributed by atoms with Crippen LogP contribution in [0.4, 0.5) is 13.2 Å². The first kappa shape index (κ1) is 12.7. The van der Waals surface area contributed by atoms with Gasteiger partial charge in [-0.3, -0.25) is 0 Å². The maximum Gasteiger partial charge on any atom is 0.415 e. The Balaban J connectivity index is 4.30. The molecule has 0 heterocycles. The second-order valence-corrected chi connectivity index (χ2v) is 3.50. The molecule has 2 N–H and O–H groups in total. The second-order valence-electron chi connectivity index (χ2n) is 3.50. The number of hydrogen-bond acceptors (Lipinski definition) is 2. The van der Waals surface area contributed by atoms with E-state index in [9.17, 15) is 13.2 Å². The molecule has 5 heteroatoms. The minimum Gasteiger partial charge on any atom is -0.362 e. The molecular formula is C8H16F3NO. The summed E-state index contributed by atoms with van der Waals surface area (Å²) in [5.41, 5.74) is 4.20. The lowest BCUT2D eigenvalue weighted by molar-refractivity contribution is -0.244. The van der Waals surface area contributed by atoms with Gasteiger partial charge in [0.15, 0.2) is 6.10 Å². The fourth-order valence-electron chi connectivity index (χ4n) is 0.717. The van der Waals surface area contributed by atoms with Crippen molar-refractivity contribution in [2.45, 2.75) is 45.1 Å². The van der Waals surface area contributed by atoms with Gasteiger partial charge in [0.2, 0.25) is 0 Å². The van der Waals surface area contributed by atoms with E-state index in [0.717, 1.165) is 0 Å². The van der Waals surface area contributed by atoms with Crippen molar-refractivity contribution < 1.29 is 17.9 Å². The largest absolute Gasteiger partial charge is 0.415 e. The van der Waals surface area contributed by atoms with Crippen LogP contribution in [-0.2, 0) is 4.74 Å². The first-order chi connectivity index (χ1) is 5.73. The summed E-state index contributed by atoms with van der Waals surface area (Å²) in [6.07, 6.45) is -5.72. The summed E-state index contributed by atoms with van der Waals surface area (Å²) < 4.78 is 41.4. The zero-order valence-electron chi connectivity index (χ0n) is 8.11. The predicted octanol–water partition coefficient (Wildman–Crippen LogP) is 2.08. The first-order valence-corrected chi connectivity index (χ1v) is 4.17. The summed E-state index contributed by atoms with van der Waals surface area (Å²) in [7, 11) is 0. The summed E-state index contributed by atoms with van der Waals surface area (Å²) in [5, 5.41) is 0. The van der Waals surface area contributed by atoms with Gasteiger partial charge in [-0.1, -0.05) is 6.92 Å². The van der Waals surface area contributed by atoms with Crippen LogP contribution in [0.5, 0.6) is 0 Å². The molecule has 0 fully saturated rings. The molecular weight excluding hydrogens is 183 g/mol. The highest BCUT2D eigenvalue weighted by molar-refractivity contribution is 4.75. The Labute approximate surface area is 76.2 Å². The number of nitrogens with two attached hydrogens (primary N) is 1. The molecule has 80 valence electrons. The van der Waals surface area contributed by atoms with Crippen LogP contribution in [0.25, 0.3) is 0 Å². The molecule has 13 heavy (non-hydrogen) atoms. The van der Waals surface area contributed by atoms with E-state index in [-0.39, 0.29) is 0 Å². The van der Waals surface area contributed by atoms with E-state index in [0.29, 0.717) is 6.42 Å². The van der Waals surface area contributed by atoms with Gasteiger partial charge in [-0.25, -0.2) is 0 Å². The highest BCUT2D eigenvalue weighted by atomic mass is 19.4. The van der Waals surface area contributed by atoms with Crippen LogP contribution < -0.4 is 5.73 Å². The van der Waals surface area contributed by atoms with Gasteiger partial charge in [0.05, 0.1) is 5.60 Å². The molecule has 2 nitrogen and oxygen atoms in total. The van der Waals surface area contributed by atoms with Gasteiger partial charge in [0, 0.05) is 6.54 Å². The monoisotopic (exact) mass is 199 g/mol. The lowest BCUT2D eigenvalue weighted by atomic mass is 10.1. The normalized spacial score (nSPS) is 15.9. The van der Waals surface area contributed by atoms with Crippen LogP contribution in [0.1, 0.15) is 27.2 Å². The Kier molecular flexibility index (Phi) is 4.19. The van der Waals surface area contributed by atoms with Gasteiger partial charge in [-0.2, -0.15) is 13.2 Å². The molecule has 0 saturated heterocycles. The van der Waals surface area contributed by atoms with Crippen molar-refractivity contribution in [1.29, 1.82) is 0 Å². The Morgan fingerprint density at radius 1 is 1.31 bits per heavy atom. The molecule has 0 aliphatic heterocycles. The summed E-state index contributed by atoms with van der Waals surface area (Å²) in [4.78, 5) is 0. The van der Waals surface area contributed by atoms with Crippen molar-refractivity contribution in [2.24, 2.45) is 5.73 Å². The molecule has 1 atom stereocenters. The van der Waals surface area contributed by atoms with Crippen molar-refractivity contribution in [2.75, 3.05) is 6.54 Å². The zero-order valence-corrected chi connectivity index (χ0v) is 8.11. The van der Waals surface area contributed by atoms with E-state index in [2.05, 4.69) is 0 Å². The molecule has 1 unspecified atom stereocenters. The van der Waals surface area contributed by atoms with Gasteiger partial charge >= 0.3 is 6.18 Å². The highest BCUT2D eigenvalue weighted by Gasteiger charge is 2.42. The molecule has 0 rings (SSSR count). The van der Waals surface area contributed by atoms with Crippen molar-refractivity contribution in [3.8, 4) is 0 Å². The van der Waals surface area contributed by atoms with Gasteiger partial charge in [-0.05, 0) is 20.3 Å². The van der Waals surface area contributed by atoms with E-state index in [1.165, 1.54) is 0 Å². The molecule has 0 spiro atoms. The minimum atomic E-state index is -4.37. The Hall–Kier alpha value is -0.290. The van der Waals surface area contributed by atoms with Crippen LogP contribution in [0.2, 0.25) is 0 Å². The van der Waals surface area contributed by atoms with Crippen LogP contribution >= 0.6 is 0 Å². The molecule has 0 radical (unpaired) electrons. The molecule has 0 aromatic carbocycles. The quantitative estimate of drug-likeness (QED) is 0.752. The third-order valence-corrected chi connectivity index (χ3v) is 1.89. The first-order valence-electron chi connectivity index (χ1n) is 4.17. The van der Waals surface area contributed by atoms with Gasteiger partial charge in [0.25, 0.3) is 0 Å². The Morgan fingerprint density at radius 3 is 2.00 bits per heavy atom. The summed E-state index contributed by atoms with van der Waals surface area (Å²) in [5.74, 6) is 0. The number of halogens is 3. The second kappa shape index (κ2) is 4.28. The predicted molar refractivity (Wildman–Crippen MR) is 44.4 cm³/mol. The Morgan fingerprint density at radius 2 is 1.77 bits per heavy atom. The van der Waals surface area contributed by atoms with Crippen LogP contribution in [0, 0.1) is 0 Å². The molecule has 0 aliphatic rings. The highest BCUT2D eigenvalue weighted by Crippen LogP contribution is 2.27. The fourth-order valence-corrected chi connectivity index (χ4v) is 0.717. The third-order valence-electron chi connectivity index (χ3n) is 1.89. The lowest BCUT2D eigenvalue weighted by Gasteiger charge is -2.30. The smallest absolute Gasteiger partial charge is 0.362 e. The number of rotatable bonds is 4. The standard InChI is InChI=1S/C8H16F3NO/c1-4-7(2,3)13-6(5-12)8(9,10)11/h6H,4-5,12H2,1-3H3. The zero-order chi connectivity index (χ0) is 10.7. The average molecular weight is 199 g/mol. The van der Waals surface area contributed by atoms with Crippen LogP contribution in [-0.4, -0.2) is 24.4 Å². The van der Waals surface area contributed by atoms with E-state index >= 15 is 0 Å². The van der Waals surface area contributed by atoms with Crippen molar-refractivity contribution in [1.82, 2.24) is 0 Å². The van der Waals surface area contributed by atoms with Gasteiger partial charge in [-0.15, -0.1) is 0 Å². The van der Waals surface area contributed by atoms with E-state index in [1.807, 2.05) is 0 Å². The van der Waals surface area contributed by atoms with Gasteiger partial charge < -0.3 is 10.5 Å². The van der Waals surface area contributed by atoms with Gasteiger partial charge in [0.1, 0.15) is 0 Å². The van der Waals surface area contributed by atoms with Crippen molar-refractivity contribution >= 4 is 0 Å².